The van der Waals surface area contributed by atoms with E-state index >= 15 is 0 Å². The highest BCUT2D eigenvalue weighted by atomic mass is 16.5. The van der Waals surface area contributed by atoms with Crippen LogP contribution in [0.1, 0.15) is 23.2 Å². The van der Waals surface area contributed by atoms with Crippen molar-refractivity contribution >= 4 is 11.6 Å². The van der Waals surface area contributed by atoms with Crippen LogP contribution in [-0.4, -0.2) is 39.4 Å². The first-order chi connectivity index (χ1) is 12.7. The van der Waals surface area contributed by atoms with Gasteiger partial charge in [-0.05, 0) is 49.2 Å². The molecule has 0 radical (unpaired) electrons. The maximum atomic E-state index is 12.5. The minimum atomic E-state index is -0.223. The Morgan fingerprint density at radius 2 is 1.88 bits per heavy atom. The van der Waals surface area contributed by atoms with E-state index in [0.717, 1.165) is 25.2 Å². The molecule has 0 bridgehead atoms. The summed E-state index contributed by atoms with van der Waals surface area (Å²) in [6, 6.07) is 12.3. The summed E-state index contributed by atoms with van der Waals surface area (Å²) in [6.07, 6.45) is 2.28. The van der Waals surface area contributed by atoms with Gasteiger partial charge >= 0.3 is 0 Å². The summed E-state index contributed by atoms with van der Waals surface area (Å²) in [7, 11) is 3.13. The molecule has 1 atom stereocenters. The van der Waals surface area contributed by atoms with E-state index in [9.17, 15) is 4.79 Å². The van der Waals surface area contributed by atoms with Gasteiger partial charge in [-0.15, -0.1) is 0 Å². The Morgan fingerprint density at radius 3 is 2.54 bits per heavy atom. The Hall–Kier alpha value is -2.73. The van der Waals surface area contributed by atoms with Crippen LogP contribution in [0.3, 0.4) is 0 Å². The van der Waals surface area contributed by atoms with E-state index in [1.807, 2.05) is 0 Å². The van der Waals surface area contributed by atoms with Crippen LogP contribution in [0.15, 0.2) is 42.5 Å². The van der Waals surface area contributed by atoms with Crippen LogP contribution in [-0.2, 0) is 4.74 Å². The molecular weight excluding hydrogens is 334 g/mol. The Balaban J connectivity index is 1.61. The lowest BCUT2D eigenvalue weighted by atomic mass is 10.2. The molecule has 0 spiro atoms. The fourth-order valence-electron chi connectivity index (χ4n) is 2.76. The number of carbonyl (C=O) groups is 1. The van der Waals surface area contributed by atoms with Gasteiger partial charge in [0.25, 0.3) is 5.91 Å². The number of carbonyl (C=O) groups excluding carboxylic acids is 1. The molecule has 1 N–H and O–H groups in total. The van der Waals surface area contributed by atoms with Crippen molar-refractivity contribution in [3.63, 3.8) is 0 Å². The molecule has 2 aromatic carbocycles. The van der Waals surface area contributed by atoms with Crippen LogP contribution in [0.4, 0.5) is 5.69 Å². The standard InChI is InChI=1S/C20H23NO5/c1-23-16-9-10-18(19(12-16)24-2)21-20(22)14-5-7-15(8-6-14)26-13-17-4-3-11-25-17/h5-10,12,17H,3-4,11,13H2,1-2H3,(H,21,22). The first-order valence-electron chi connectivity index (χ1n) is 8.57. The molecule has 1 aliphatic rings. The topological polar surface area (TPSA) is 66.0 Å². The summed E-state index contributed by atoms with van der Waals surface area (Å²) in [6.45, 7) is 1.34. The van der Waals surface area contributed by atoms with Crippen LogP contribution in [0.5, 0.6) is 17.2 Å². The largest absolute Gasteiger partial charge is 0.497 e. The average molecular weight is 357 g/mol. The Labute approximate surface area is 153 Å². The second-order valence-electron chi connectivity index (χ2n) is 5.99. The van der Waals surface area contributed by atoms with Gasteiger partial charge < -0.3 is 24.3 Å². The van der Waals surface area contributed by atoms with Crippen molar-refractivity contribution in [3.8, 4) is 17.2 Å². The lowest BCUT2D eigenvalue weighted by molar-refractivity contribution is 0.0679. The number of amides is 1. The molecule has 6 heteroatoms. The molecule has 1 saturated heterocycles. The molecule has 2 aromatic rings. The molecule has 0 aliphatic carbocycles. The third-order valence-corrected chi connectivity index (χ3v) is 4.23. The van der Waals surface area contributed by atoms with Crippen molar-refractivity contribution in [1.82, 2.24) is 0 Å². The molecular formula is C20H23NO5. The van der Waals surface area contributed by atoms with E-state index in [-0.39, 0.29) is 12.0 Å². The highest BCUT2D eigenvalue weighted by Gasteiger charge is 2.16. The van der Waals surface area contributed by atoms with Crippen molar-refractivity contribution in [3.05, 3.63) is 48.0 Å². The van der Waals surface area contributed by atoms with E-state index in [1.165, 1.54) is 0 Å². The lowest BCUT2D eigenvalue weighted by Gasteiger charge is -2.13. The van der Waals surface area contributed by atoms with E-state index in [0.29, 0.717) is 29.4 Å². The Bertz CT molecular complexity index is 738. The number of nitrogens with one attached hydrogen (secondary N) is 1. The third kappa shape index (κ3) is 4.46. The molecule has 1 fully saturated rings. The van der Waals surface area contributed by atoms with Crippen LogP contribution in [0, 0.1) is 0 Å². The molecule has 6 nitrogen and oxygen atoms in total. The number of ether oxygens (including phenoxy) is 4. The SMILES string of the molecule is COc1ccc(NC(=O)c2ccc(OCC3CCCO3)cc2)c(OC)c1. The third-order valence-electron chi connectivity index (χ3n) is 4.23. The fourth-order valence-corrected chi connectivity index (χ4v) is 2.76. The quantitative estimate of drug-likeness (QED) is 0.821. The van der Waals surface area contributed by atoms with Gasteiger partial charge in [-0.3, -0.25) is 4.79 Å². The number of benzene rings is 2. The summed E-state index contributed by atoms with van der Waals surface area (Å²) in [5, 5.41) is 2.84. The number of methoxy groups -OCH3 is 2. The Kier molecular flexibility index (Phi) is 5.96. The van der Waals surface area contributed by atoms with E-state index in [2.05, 4.69) is 5.32 Å². The normalized spacial score (nSPS) is 16.2. The first-order valence-corrected chi connectivity index (χ1v) is 8.57. The zero-order valence-electron chi connectivity index (χ0n) is 15.0. The van der Waals surface area contributed by atoms with Crippen molar-refractivity contribution in [2.45, 2.75) is 18.9 Å². The average Bonchev–Trinajstić information content (AvgIpc) is 3.20. The van der Waals surface area contributed by atoms with E-state index in [4.69, 9.17) is 18.9 Å². The zero-order valence-corrected chi connectivity index (χ0v) is 15.0. The molecule has 1 unspecified atom stereocenters. The van der Waals surface area contributed by atoms with Crippen molar-refractivity contribution in [1.29, 1.82) is 0 Å². The number of anilines is 1. The van der Waals surface area contributed by atoms with Gasteiger partial charge in [-0.1, -0.05) is 0 Å². The maximum absolute atomic E-state index is 12.5. The Morgan fingerprint density at radius 1 is 1.12 bits per heavy atom. The second kappa shape index (κ2) is 8.58. The van der Waals surface area contributed by atoms with Crippen LogP contribution in [0.25, 0.3) is 0 Å². The van der Waals surface area contributed by atoms with Gasteiger partial charge in [0, 0.05) is 18.2 Å². The number of hydrogen-bond donors (Lipinski definition) is 1. The number of hydrogen-bond acceptors (Lipinski definition) is 5. The van der Waals surface area contributed by atoms with Crippen LogP contribution >= 0.6 is 0 Å². The van der Waals surface area contributed by atoms with Gasteiger partial charge in [0.2, 0.25) is 0 Å². The number of rotatable bonds is 7. The van der Waals surface area contributed by atoms with Crippen molar-refractivity contribution < 1.29 is 23.7 Å². The molecule has 26 heavy (non-hydrogen) atoms. The van der Waals surface area contributed by atoms with Crippen LogP contribution in [0.2, 0.25) is 0 Å². The molecule has 1 amide bonds. The summed E-state index contributed by atoms with van der Waals surface area (Å²) < 4.78 is 21.7. The zero-order chi connectivity index (χ0) is 18.4. The van der Waals surface area contributed by atoms with Gasteiger partial charge in [-0.2, -0.15) is 0 Å². The second-order valence-corrected chi connectivity index (χ2v) is 5.99. The molecule has 3 rings (SSSR count). The van der Waals surface area contributed by atoms with Crippen LogP contribution < -0.4 is 19.5 Å². The monoisotopic (exact) mass is 357 g/mol. The first kappa shape index (κ1) is 18.1. The van der Waals surface area contributed by atoms with Gasteiger partial charge in [0.05, 0.1) is 26.0 Å². The highest BCUT2D eigenvalue weighted by Crippen LogP contribution is 2.29. The van der Waals surface area contributed by atoms with Crippen molar-refractivity contribution in [2.75, 3.05) is 32.8 Å². The summed E-state index contributed by atoms with van der Waals surface area (Å²) in [4.78, 5) is 12.5. The summed E-state index contributed by atoms with van der Waals surface area (Å²) in [5.74, 6) is 1.69. The summed E-state index contributed by atoms with van der Waals surface area (Å²) in [5.41, 5.74) is 1.12. The van der Waals surface area contributed by atoms with Gasteiger partial charge in [-0.25, -0.2) is 0 Å². The molecule has 138 valence electrons. The smallest absolute Gasteiger partial charge is 0.255 e. The minimum Gasteiger partial charge on any atom is -0.497 e. The molecule has 0 saturated carbocycles. The predicted octanol–water partition coefficient (Wildman–Crippen LogP) is 3.51. The minimum absolute atomic E-state index is 0.167. The molecule has 1 heterocycles. The van der Waals surface area contributed by atoms with Crippen molar-refractivity contribution in [2.24, 2.45) is 0 Å². The predicted molar refractivity (Wildman–Crippen MR) is 98.4 cm³/mol. The maximum Gasteiger partial charge on any atom is 0.255 e. The molecule has 1 aliphatic heterocycles. The highest BCUT2D eigenvalue weighted by molar-refractivity contribution is 6.05. The van der Waals surface area contributed by atoms with E-state index in [1.54, 1.807) is 56.7 Å². The van der Waals surface area contributed by atoms with Gasteiger partial charge in [0.15, 0.2) is 0 Å². The lowest BCUT2D eigenvalue weighted by Crippen LogP contribution is -2.16. The fraction of sp³-hybridized carbons (Fsp3) is 0.350. The molecule has 0 aromatic heterocycles. The summed E-state index contributed by atoms with van der Waals surface area (Å²) >= 11 is 0. The van der Waals surface area contributed by atoms with Gasteiger partial charge in [0.1, 0.15) is 23.9 Å². The van der Waals surface area contributed by atoms with E-state index < -0.39 is 0 Å².